The number of pyridine rings is 1. The third kappa shape index (κ3) is 4.30. The van der Waals surface area contributed by atoms with Crippen molar-refractivity contribution in [3.05, 3.63) is 95.6 Å². The van der Waals surface area contributed by atoms with Crippen LogP contribution in [0.15, 0.2) is 73.1 Å². The Balaban J connectivity index is 1.58. The lowest BCUT2D eigenvalue weighted by atomic mass is 10.1. The summed E-state index contributed by atoms with van der Waals surface area (Å²) in [5.74, 6) is -1.30. The molecule has 5 nitrogen and oxygen atoms in total. The SMILES string of the molecule is O=C(Nc1cccnc1)c1ccc(CNC(=O)c2ccccc2F)cc1. The minimum atomic E-state index is -0.563. The highest BCUT2D eigenvalue weighted by Gasteiger charge is 2.10. The number of nitrogens with zero attached hydrogens (tertiary/aromatic N) is 1. The second-order valence-electron chi connectivity index (χ2n) is 5.56. The van der Waals surface area contributed by atoms with Crippen molar-refractivity contribution in [1.29, 1.82) is 0 Å². The summed E-state index contributed by atoms with van der Waals surface area (Å²) in [6.07, 6.45) is 3.19. The second kappa shape index (κ2) is 8.02. The van der Waals surface area contributed by atoms with Gasteiger partial charge in [-0.3, -0.25) is 14.6 Å². The molecule has 0 atom stereocenters. The number of aromatic nitrogens is 1. The summed E-state index contributed by atoms with van der Waals surface area (Å²) in [6, 6.07) is 16.1. The molecule has 0 spiro atoms. The Morgan fingerprint density at radius 3 is 2.38 bits per heavy atom. The van der Waals surface area contributed by atoms with Crippen LogP contribution < -0.4 is 10.6 Å². The van der Waals surface area contributed by atoms with Gasteiger partial charge in [-0.25, -0.2) is 4.39 Å². The number of anilines is 1. The predicted molar refractivity (Wildman–Crippen MR) is 96.2 cm³/mol. The molecule has 0 radical (unpaired) electrons. The first-order valence-electron chi connectivity index (χ1n) is 7.96. The monoisotopic (exact) mass is 349 g/mol. The molecule has 0 fully saturated rings. The van der Waals surface area contributed by atoms with E-state index in [1.807, 2.05) is 0 Å². The van der Waals surface area contributed by atoms with Crippen LogP contribution in [0.4, 0.5) is 10.1 Å². The zero-order chi connectivity index (χ0) is 18.4. The van der Waals surface area contributed by atoms with E-state index in [0.717, 1.165) is 5.56 Å². The molecule has 3 aromatic rings. The van der Waals surface area contributed by atoms with Gasteiger partial charge in [-0.1, -0.05) is 24.3 Å². The van der Waals surface area contributed by atoms with E-state index >= 15 is 0 Å². The molecule has 2 N–H and O–H groups in total. The number of hydrogen-bond donors (Lipinski definition) is 2. The van der Waals surface area contributed by atoms with E-state index in [2.05, 4.69) is 15.6 Å². The normalized spacial score (nSPS) is 10.2. The lowest BCUT2D eigenvalue weighted by Crippen LogP contribution is -2.23. The van der Waals surface area contributed by atoms with E-state index in [1.165, 1.54) is 18.2 Å². The van der Waals surface area contributed by atoms with Crippen molar-refractivity contribution in [1.82, 2.24) is 10.3 Å². The highest BCUT2D eigenvalue weighted by Crippen LogP contribution is 2.10. The summed E-state index contributed by atoms with van der Waals surface area (Å²) in [5.41, 5.74) is 1.89. The second-order valence-corrected chi connectivity index (χ2v) is 5.56. The molecule has 1 aromatic heterocycles. The van der Waals surface area contributed by atoms with Gasteiger partial charge < -0.3 is 10.6 Å². The summed E-state index contributed by atoms with van der Waals surface area (Å²) in [4.78, 5) is 28.1. The Morgan fingerprint density at radius 2 is 1.69 bits per heavy atom. The lowest BCUT2D eigenvalue weighted by molar-refractivity contribution is 0.0945. The van der Waals surface area contributed by atoms with E-state index in [-0.39, 0.29) is 18.0 Å². The molecule has 2 amide bonds. The van der Waals surface area contributed by atoms with Crippen molar-refractivity contribution in [3.8, 4) is 0 Å². The number of hydrogen-bond acceptors (Lipinski definition) is 3. The van der Waals surface area contributed by atoms with Gasteiger partial charge in [0.25, 0.3) is 11.8 Å². The van der Waals surface area contributed by atoms with Crippen LogP contribution in [0.3, 0.4) is 0 Å². The fourth-order valence-corrected chi connectivity index (χ4v) is 2.34. The van der Waals surface area contributed by atoms with Crippen LogP contribution in [0.1, 0.15) is 26.3 Å². The molecular weight excluding hydrogens is 333 g/mol. The third-order valence-corrected chi connectivity index (χ3v) is 3.71. The Labute approximate surface area is 149 Å². The summed E-state index contributed by atoms with van der Waals surface area (Å²) in [5, 5.41) is 5.40. The van der Waals surface area contributed by atoms with E-state index in [1.54, 1.807) is 54.9 Å². The van der Waals surface area contributed by atoms with E-state index in [9.17, 15) is 14.0 Å². The molecule has 0 unspecified atom stereocenters. The van der Waals surface area contributed by atoms with Crippen LogP contribution in [0.25, 0.3) is 0 Å². The molecule has 0 aliphatic carbocycles. The maximum absolute atomic E-state index is 13.6. The fraction of sp³-hybridized carbons (Fsp3) is 0.0500. The highest BCUT2D eigenvalue weighted by atomic mass is 19.1. The van der Waals surface area contributed by atoms with Gasteiger partial charge in [0.2, 0.25) is 0 Å². The number of nitrogens with one attached hydrogen (secondary N) is 2. The highest BCUT2D eigenvalue weighted by molar-refractivity contribution is 6.04. The molecule has 0 aliphatic heterocycles. The number of rotatable bonds is 5. The fourth-order valence-electron chi connectivity index (χ4n) is 2.34. The maximum atomic E-state index is 13.6. The van der Waals surface area contributed by atoms with Gasteiger partial charge in [0, 0.05) is 18.3 Å². The molecule has 0 saturated heterocycles. The van der Waals surface area contributed by atoms with E-state index < -0.39 is 11.7 Å². The third-order valence-electron chi connectivity index (χ3n) is 3.71. The molecule has 0 bridgehead atoms. The number of benzene rings is 2. The van der Waals surface area contributed by atoms with Crippen molar-refractivity contribution in [2.24, 2.45) is 0 Å². The average molecular weight is 349 g/mol. The zero-order valence-electron chi connectivity index (χ0n) is 13.8. The van der Waals surface area contributed by atoms with Gasteiger partial charge in [0.05, 0.1) is 17.4 Å². The minimum absolute atomic E-state index is 0.0000292. The Kier molecular flexibility index (Phi) is 5.34. The molecule has 130 valence electrons. The molecule has 0 saturated carbocycles. The first kappa shape index (κ1) is 17.3. The summed E-state index contributed by atoms with van der Waals surface area (Å²) in [6.45, 7) is 0.234. The van der Waals surface area contributed by atoms with Crippen molar-refractivity contribution in [2.45, 2.75) is 6.54 Å². The van der Waals surface area contributed by atoms with Crippen LogP contribution in [0.2, 0.25) is 0 Å². The molecule has 0 aliphatic rings. The molecule has 1 heterocycles. The summed E-state index contributed by atoms with van der Waals surface area (Å²) in [7, 11) is 0. The van der Waals surface area contributed by atoms with Gasteiger partial charge >= 0.3 is 0 Å². The molecule has 2 aromatic carbocycles. The molecule has 6 heteroatoms. The Morgan fingerprint density at radius 1 is 0.923 bits per heavy atom. The standard InChI is InChI=1S/C20H16FN3O2/c21-18-6-2-1-5-17(18)20(26)23-12-14-7-9-15(10-8-14)19(25)24-16-4-3-11-22-13-16/h1-11,13H,12H2,(H,23,26)(H,24,25). The topological polar surface area (TPSA) is 71.1 Å². The van der Waals surface area contributed by atoms with Crippen LogP contribution in [-0.4, -0.2) is 16.8 Å². The quantitative estimate of drug-likeness (QED) is 0.742. The molecule has 26 heavy (non-hydrogen) atoms. The van der Waals surface area contributed by atoms with Crippen molar-refractivity contribution in [3.63, 3.8) is 0 Å². The number of carbonyl (C=O) groups is 2. The lowest BCUT2D eigenvalue weighted by Gasteiger charge is -2.08. The number of amides is 2. The zero-order valence-corrected chi connectivity index (χ0v) is 13.8. The first-order valence-corrected chi connectivity index (χ1v) is 7.96. The van der Waals surface area contributed by atoms with Crippen LogP contribution in [-0.2, 0) is 6.54 Å². The average Bonchev–Trinajstić information content (AvgIpc) is 2.67. The first-order chi connectivity index (χ1) is 12.6. The number of halogens is 1. The Bertz CT molecular complexity index is 912. The Hall–Kier alpha value is -3.54. The van der Waals surface area contributed by atoms with Crippen LogP contribution in [0.5, 0.6) is 0 Å². The van der Waals surface area contributed by atoms with Crippen LogP contribution >= 0.6 is 0 Å². The molecule has 3 rings (SSSR count). The van der Waals surface area contributed by atoms with E-state index in [0.29, 0.717) is 11.3 Å². The largest absolute Gasteiger partial charge is 0.348 e. The predicted octanol–water partition coefficient (Wildman–Crippen LogP) is 3.40. The van der Waals surface area contributed by atoms with Crippen LogP contribution in [0, 0.1) is 5.82 Å². The van der Waals surface area contributed by atoms with Crippen molar-refractivity contribution >= 4 is 17.5 Å². The number of carbonyl (C=O) groups excluding carboxylic acids is 2. The van der Waals surface area contributed by atoms with Crippen molar-refractivity contribution in [2.75, 3.05) is 5.32 Å². The van der Waals surface area contributed by atoms with Gasteiger partial charge in [0.15, 0.2) is 0 Å². The summed E-state index contributed by atoms with van der Waals surface area (Å²) < 4.78 is 13.6. The van der Waals surface area contributed by atoms with E-state index in [4.69, 9.17) is 0 Å². The van der Waals surface area contributed by atoms with Crippen molar-refractivity contribution < 1.29 is 14.0 Å². The van der Waals surface area contributed by atoms with Gasteiger partial charge in [0.1, 0.15) is 5.82 Å². The smallest absolute Gasteiger partial charge is 0.255 e. The van der Waals surface area contributed by atoms with Gasteiger partial charge in [-0.2, -0.15) is 0 Å². The summed E-state index contributed by atoms with van der Waals surface area (Å²) >= 11 is 0. The maximum Gasteiger partial charge on any atom is 0.255 e. The van der Waals surface area contributed by atoms with Gasteiger partial charge in [-0.15, -0.1) is 0 Å². The van der Waals surface area contributed by atoms with Gasteiger partial charge in [-0.05, 0) is 42.0 Å². The minimum Gasteiger partial charge on any atom is -0.348 e. The molecular formula is C20H16FN3O2.